The van der Waals surface area contributed by atoms with Crippen molar-refractivity contribution in [2.45, 2.75) is 50.6 Å². The number of hydrogen-bond acceptors (Lipinski definition) is 2. The first kappa shape index (κ1) is 11.7. The Morgan fingerprint density at radius 2 is 2.00 bits per heavy atom. The molecule has 4 aliphatic carbocycles. The Balaban J connectivity index is 1.64. The molecule has 0 aliphatic heterocycles. The number of rotatable bonds is 3. The van der Waals surface area contributed by atoms with E-state index in [9.17, 15) is 0 Å². The summed E-state index contributed by atoms with van der Waals surface area (Å²) in [6.45, 7) is 6.95. The quantitative estimate of drug-likeness (QED) is 0.575. The van der Waals surface area contributed by atoms with Crippen LogP contribution in [0, 0.1) is 23.2 Å². The maximum absolute atomic E-state index is 6.47. The van der Waals surface area contributed by atoms with Crippen LogP contribution in [0.25, 0.3) is 0 Å². The van der Waals surface area contributed by atoms with E-state index in [1.807, 2.05) is 7.11 Å². The molecular formula is C15H24O2Si. The third kappa shape index (κ3) is 1.05. The van der Waals surface area contributed by atoms with Gasteiger partial charge in [0.1, 0.15) is 0 Å². The highest BCUT2D eigenvalue weighted by Gasteiger charge is 2.88. The molecule has 2 nitrogen and oxygen atoms in total. The van der Waals surface area contributed by atoms with E-state index in [-0.39, 0.29) is 5.60 Å². The first-order valence-corrected chi connectivity index (χ1v) is 10.8. The number of hydrogen-bond donors (Lipinski definition) is 0. The van der Waals surface area contributed by atoms with Gasteiger partial charge in [-0.25, -0.2) is 0 Å². The smallest absolute Gasteiger partial charge is 0.184 e. The molecule has 0 aromatic heterocycles. The van der Waals surface area contributed by atoms with Crippen molar-refractivity contribution < 1.29 is 9.16 Å². The van der Waals surface area contributed by atoms with Crippen LogP contribution in [0.2, 0.25) is 19.6 Å². The zero-order chi connectivity index (χ0) is 12.8. The first-order chi connectivity index (χ1) is 8.46. The Bertz CT molecular complexity index is 427. The molecule has 0 bridgehead atoms. The zero-order valence-electron chi connectivity index (χ0n) is 11.9. The SMILES string of the molecule is COC12C3C=CC1C21CC[C@H](O[Si](C)(C)C)C1C3. The highest BCUT2D eigenvalue weighted by Crippen LogP contribution is 2.85. The third-order valence-electron chi connectivity index (χ3n) is 6.05. The Morgan fingerprint density at radius 3 is 2.61 bits per heavy atom. The molecule has 4 rings (SSSR count). The van der Waals surface area contributed by atoms with Crippen LogP contribution in [-0.2, 0) is 9.16 Å². The fraction of sp³-hybridized carbons (Fsp3) is 0.867. The molecule has 3 saturated carbocycles. The summed E-state index contributed by atoms with van der Waals surface area (Å²) in [5.74, 6) is 2.13. The van der Waals surface area contributed by atoms with E-state index in [2.05, 4.69) is 31.8 Å². The largest absolute Gasteiger partial charge is 0.414 e. The molecule has 100 valence electrons. The summed E-state index contributed by atoms with van der Waals surface area (Å²) in [6.07, 6.45) is 9.27. The highest BCUT2D eigenvalue weighted by molar-refractivity contribution is 6.69. The van der Waals surface area contributed by atoms with Gasteiger partial charge >= 0.3 is 0 Å². The monoisotopic (exact) mass is 264 g/mol. The van der Waals surface area contributed by atoms with Crippen molar-refractivity contribution in [1.29, 1.82) is 0 Å². The van der Waals surface area contributed by atoms with Crippen LogP contribution in [0.4, 0.5) is 0 Å². The van der Waals surface area contributed by atoms with Crippen LogP contribution in [-0.4, -0.2) is 27.1 Å². The van der Waals surface area contributed by atoms with Crippen molar-refractivity contribution in [3.05, 3.63) is 12.2 Å². The molecule has 3 fully saturated rings. The average molecular weight is 264 g/mol. The summed E-state index contributed by atoms with van der Waals surface area (Å²) < 4.78 is 12.5. The van der Waals surface area contributed by atoms with Gasteiger partial charge in [-0.3, -0.25) is 0 Å². The average Bonchev–Trinajstić information content (AvgIpc) is 2.54. The second-order valence-electron chi connectivity index (χ2n) is 7.66. The lowest BCUT2D eigenvalue weighted by atomic mass is 9.90. The second-order valence-corrected chi connectivity index (χ2v) is 12.1. The summed E-state index contributed by atoms with van der Waals surface area (Å²) in [4.78, 5) is 0. The van der Waals surface area contributed by atoms with Gasteiger partial charge in [0.05, 0.1) is 5.60 Å². The van der Waals surface area contributed by atoms with Crippen molar-refractivity contribution in [2.75, 3.05) is 7.11 Å². The second kappa shape index (κ2) is 3.13. The third-order valence-corrected chi connectivity index (χ3v) is 7.06. The zero-order valence-corrected chi connectivity index (χ0v) is 12.9. The Kier molecular flexibility index (Phi) is 2.03. The van der Waals surface area contributed by atoms with E-state index in [0.29, 0.717) is 23.4 Å². The molecular weight excluding hydrogens is 240 g/mol. The maximum Gasteiger partial charge on any atom is 0.184 e. The van der Waals surface area contributed by atoms with E-state index < -0.39 is 8.32 Å². The Hall–Kier alpha value is -0.123. The molecule has 0 radical (unpaired) electrons. The summed E-state index contributed by atoms with van der Waals surface area (Å²) in [6, 6.07) is 0. The molecule has 0 N–H and O–H groups in total. The van der Waals surface area contributed by atoms with E-state index in [1.165, 1.54) is 19.3 Å². The summed E-state index contributed by atoms with van der Waals surface area (Å²) >= 11 is 0. The molecule has 0 aromatic rings. The standard InChI is InChI=1S/C15H24O2Si/c1-16-15-10-5-6-13(15)14(15)8-7-12(11(14)9-10)17-18(2,3)4/h5-6,10-13H,7-9H2,1-4H3/t10?,11?,12-,13?,14?,15?/m0/s1. The Labute approximate surface area is 111 Å². The lowest BCUT2D eigenvalue weighted by Crippen LogP contribution is -2.35. The first-order valence-electron chi connectivity index (χ1n) is 7.37. The summed E-state index contributed by atoms with van der Waals surface area (Å²) in [5, 5.41) is 0. The summed E-state index contributed by atoms with van der Waals surface area (Å²) in [7, 11) is 0.511. The number of methoxy groups -OCH3 is 1. The molecule has 18 heavy (non-hydrogen) atoms. The molecule has 6 atom stereocenters. The molecule has 3 heteroatoms. The summed E-state index contributed by atoms with van der Waals surface area (Å²) in [5.41, 5.74) is 0.653. The normalized spacial score (nSPS) is 55.8. The van der Waals surface area contributed by atoms with Crippen LogP contribution in [0.5, 0.6) is 0 Å². The lowest BCUT2D eigenvalue weighted by Gasteiger charge is -2.28. The minimum Gasteiger partial charge on any atom is -0.414 e. The van der Waals surface area contributed by atoms with Crippen molar-refractivity contribution in [3.63, 3.8) is 0 Å². The van der Waals surface area contributed by atoms with E-state index in [1.54, 1.807) is 0 Å². The molecule has 4 aliphatic rings. The van der Waals surface area contributed by atoms with Crippen LogP contribution in [0.3, 0.4) is 0 Å². The van der Waals surface area contributed by atoms with Crippen molar-refractivity contribution in [1.82, 2.24) is 0 Å². The van der Waals surface area contributed by atoms with Gasteiger partial charge in [-0.05, 0) is 44.8 Å². The molecule has 0 amide bonds. The van der Waals surface area contributed by atoms with Gasteiger partial charge in [-0.1, -0.05) is 12.2 Å². The highest BCUT2D eigenvalue weighted by atomic mass is 28.4. The van der Waals surface area contributed by atoms with Gasteiger partial charge in [-0.2, -0.15) is 0 Å². The van der Waals surface area contributed by atoms with E-state index in [0.717, 1.165) is 5.92 Å². The van der Waals surface area contributed by atoms with Crippen LogP contribution in [0.15, 0.2) is 12.2 Å². The molecule has 5 unspecified atom stereocenters. The molecule has 1 spiro atoms. The fourth-order valence-electron chi connectivity index (χ4n) is 5.79. The van der Waals surface area contributed by atoms with Crippen molar-refractivity contribution >= 4 is 8.32 Å². The number of ether oxygens (including phenoxy) is 1. The Morgan fingerprint density at radius 1 is 1.22 bits per heavy atom. The van der Waals surface area contributed by atoms with Crippen LogP contribution >= 0.6 is 0 Å². The van der Waals surface area contributed by atoms with Gasteiger partial charge in [0.25, 0.3) is 0 Å². The van der Waals surface area contributed by atoms with Gasteiger partial charge in [0, 0.05) is 30.5 Å². The van der Waals surface area contributed by atoms with E-state index >= 15 is 0 Å². The van der Waals surface area contributed by atoms with Gasteiger partial charge in [0.15, 0.2) is 8.32 Å². The van der Waals surface area contributed by atoms with Gasteiger partial charge in [0.2, 0.25) is 0 Å². The van der Waals surface area contributed by atoms with Crippen LogP contribution < -0.4 is 0 Å². The predicted octanol–water partition coefficient (Wildman–Crippen LogP) is 3.21. The fourth-order valence-corrected chi connectivity index (χ4v) is 6.98. The van der Waals surface area contributed by atoms with Crippen molar-refractivity contribution in [3.8, 4) is 0 Å². The van der Waals surface area contributed by atoms with Crippen molar-refractivity contribution in [2.24, 2.45) is 23.2 Å². The van der Waals surface area contributed by atoms with Gasteiger partial charge < -0.3 is 9.16 Å². The predicted molar refractivity (Wildman–Crippen MR) is 73.9 cm³/mol. The van der Waals surface area contributed by atoms with Gasteiger partial charge in [-0.15, -0.1) is 0 Å². The lowest BCUT2D eigenvalue weighted by molar-refractivity contribution is 0.0297. The maximum atomic E-state index is 6.47. The van der Waals surface area contributed by atoms with Crippen LogP contribution in [0.1, 0.15) is 19.3 Å². The van der Waals surface area contributed by atoms with E-state index in [4.69, 9.17) is 9.16 Å². The molecule has 0 saturated heterocycles. The molecule has 0 aromatic carbocycles. The minimum absolute atomic E-state index is 0.190. The molecule has 0 heterocycles. The minimum atomic E-state index is -1.42. The topological polar surface area (TPSA) is 18.5 Å².